The number of morpholine rings is 1. The Morgan fingerprint density at radius 1 is 1.00 bits per heavy atom. The number of fused-ring (bicyclic) bond motifs is 1. The van der Waals surface area contributed by atoms with E-state index in [9.17, 15) is 14.7 Å². The van der Waals surface area contributed by atoms with Crippen molar-refractivity contribution in [2.45, 2.75) is 32.5 Å². The van der Waals surface area contributed by atoms with Crippen LogP contribution in [0.25, 0.3) is 11.3 Å². The fourth-order valence-corrected chi connectivity index (χ4v) is 7.19. The summed E-state index contributed by atoms with van der Waals surface area (Å²) in [6, 6.07) is 20.5. The van der Waals surface area contributed by atoms with Crippen molar-refractivity contribution in [3.8, 4) is 17.0 Å². The number of halogens is 1. The second-order valence-electron chi connectivity index (χ2n) is 13.4. The largest absolute Gasteiger partial charge is 0.508 e. The van der Waals surface area contributed by atoms with E-state index in [2.05, 4.69) is 22.1 Å². The molecule has 2 aliphatic rings. The van der Waals surface area contributed by atoms with E-state index in [1.54, 1.807) is 48.5 Å². The predicted molar refractivity (Wildman–Crippen MR) is 195 cm³/mol. The maximum absolute atomic E-state index is 15.1. The Labute approximate surface area is 302 Å². The summed E-state index contributed by atoms with van der Waals surface area (Å²) >= 11 is 0. The van der Waals surface area contributed by atoms with E-state index >= 15 is 4.39 Å². The lowest BCUT2D eigenvalue weighted by Gasteiger charge is -2.40. The number of aromatic nitrogens is 3. The SMILES string of the molecule is COCCn1cc(N(C(=O)c2cc(-c3cc(F)ccc3C(=O)N3Cc4ccccc4C[C@H]3CN3CCOCC3)n(C)c2C)c2ccc(O)cc2)cn1. The first-order chi connectivity index (χ1) is 25.2. The lowest BCUT2D eigenvalue weighted by Crippen LogP contribution is -2.52. The zero-order chi connectivity index (χ0) is 36.4. The number of phenols is 1. The summed E-state index contributed by atoms with van der Waals surface area (Å²) in [4.78, 5) is 35.1. The van der Waals surface area contributed by atoms with Crippen LogP contribution in [0, 0.1) is 12.7 Å². The number of phenolic OH excluding ortho intramolecular Hbond substituents is 1. The molecule has 1 saturated heterocycles. The third kappa shape index (κ3) is 7.09. The van der Waals surface area contributed by atoms with Gasteiger partial charge in [0.05, 0.1) is 43.8 Å². The van der Waals surface area contributed by atoms with Crippen molar-refractivity contribution < 1.29 is 28.6 Å². The van der Waals surface area contributed by atoms with Crippen LogP contribution in [0.2, 0.25) is 0 Å². The summed E-state index contributed by atoms with van der Waals surface area (Å²) in [6.07, 6.45) is 4.08. The highest BCUT2D eigenvalue weighted by Gasteiger charge is 2.34. The minimum absolute atomic E-state index is 0.0674. The van der Waals surface area contributed by atoms with Gasteiger partial charge in [0.25, 0.3) is 11.8 Å². The van der Waals surface area contributed by atoms with Crippen LogP contribution in [0.1, 0.15) is 37.5 Å². The van der Waals surface area contributed by atoms with Gasteiger partial charge >= 0.3 is 0 Å². The van der Waals surface area contributed by atoms with E-state index in [1.807, 2.05) is 35.6 Å². The summed E-state index contributed by atoms with van der Waals surface area (Å²) < 4.78 is 29.4. The Morgan fingerprint density at radius 3 is 2.50 bits per heavy atom. The first-order valence-electron chi connectivity index (χ1n) is 17.5. The van der Waals surface area contributed by atoms with Crippen LogP contribution in [-0.4, -0.2) is 93.7 Å². The lowest BCUT2D eigenvalue weighted by molar-refractivity contribution is 0.0193. The van der Waals surface area contributed by atoms with Gasteiger partial charge < -0.3 is 24.0 Å². The second-order valence-corrected chi connectivity index (χ2v) is 13.4. The molecule has 1 atom stereocenters. The van der Waals surface area contributed by atoms with Crippen molar-refractivity contribution in [1.29, 1.82) is 0 Å². The molecule has 0 radical (unpaired) electrons. The van der Waals surface area contributed by atoms with E-state index in [-0.39, 0.29) is 23.6 Å². The van der Waals surface area contributed by atoms with Crippen LogP contribution >= 0.6 is 0 Å². The van der Waals surface area contributed by atoms with Crippen molar-refractivity contribution in [2.75, 3.05) is 51.5 Å². The number of amides is 2. The zero-order valence-electron chi connectivity index (χ0n) is 29.7. The summed E-state index contributed by atoms with van der Waals surface area (Å²) in [6.45, 7) is 6.84. The number of carbonyl (C=O) groups excluding carboxylic acids is 2. The smallest absolute Gasteiger partial charge is 0.264 e. The molecule has 3 aromatic carbocycles. The van der Waals surface area contributed by atoms with Gasteiger partial charge in [-0.3, -0.25) is 24.1 Å². The Balaban J connectivity index is 1.26. The molecule has 11 nitrogen and oxygen atoms in total. The van der Waals surface area contributed by atoms with Crippen molar-refractivity contribution in [3.05, 3.63) is 119 Å². The molecular weight excluding hydrogens is 663 g/mol. The van der Waals surface area contributed by atoms with Gasteiger partial charge in [0.2, 0.25) is 0 Å². The lowest BCUT2D eigenvalue weighted by atomic mass is 9.92. The molecule has 2 aliphatic heterocycles. The summed E-state index contributed by atoms with van der Waals surface area (Å²) in [5.41, 5.74) is 5.68. The first-order valence-corrected chi connectivity index (χ1v) is 17.5. The summed E-state index contributed by atoms with van der Waals surface area (Å²) in [5.74, 6) is -0.957. The fourth-order valence-electron chi connectivity index (χ4n) is 7.19. The van der Waals surface area contributed by atoms with E-state index in [0.717, 1.165) is 18.7 Å². The highest BCUT2D eigenvalue weighted by atomic mass is 19.1. The molecule has 270 valence electrons. The van der Waals surface area contributed by atoms with Crippen LogP contribution in [-0.2, 0) is 36.0 Å². The van der Waals surface area contributed by atoms with E-state index < -0.39 is 5.82 Å². The second kappa shape index (κ2) is 15.1. The van der Waals surface area contributed by atoms with E-state index in [4.69, 9.17) is 9.47 Å². The molecule has 1 N–H and O–H groups in total. The van der Waals surface area contributed by atoms with Crippen LogP contribution in [0.4, 0.5) is 15.8 Å². The monoisotopic (exact) mass is 706 g/mol. The van der Waals surface area contributed by atoms with Gasteiger partial charge in [-0.1, -0.05) is 24.3 Å². The van der Waals surface area contributed by atoms with Gasteiger partial charge in [-0.15, -0.1) is 0 Å². The molecule has 0 saturated carbocycles. The van der Waals surface area contributed by atoms with Crippen LogP contribution in [0.3, 0.4) is 0 Å². The molecule has 1 fully saturated rings. The van der Waals surface area contributed by atoms with Crippen molar-refractivity contribution in [2.24, 2.45) is 7.05 Å². The summed E-state index contributed by atoms with van der Waals surface area (Å²) in [5, 5.41) is 14.4. The fraction of sp³-hybridized carbons (Fsp3) is 0.325. The van der Waals surface area contributed by atoms with Gasteiger partial charge in [0.15, 0.2) is 0 Å². The molecule has 4 heterocycles. The average Bonchev–Trinajstić information content (AvgIpc) is 3.74. The molecule has 5 aromatic rings. The Bertz CT molecular complexity index is 2070. The highest BCUT2D eigenvalue weighted by molar-refractivity contribution is 6.12. The number of anilines is 2. The average molecular weight is 707 g/mol. The molecule has 0 spiro atoms. The highest BCUT2D eigenvalue weighted by Crippen LogP contribution is 2.35. The predicted octanol–water partition coefficient (Wildman–Crippen LogP) is 5.57. The first kappa shape index (κ1) is 35.1. The van der Waals surface area contributed by atoms with Gasteiger partial charge in [0, 0.05) is 80.8 Å². The number of carbonyl (C=O) groups is 2. The number of ether oxygens (including phenoxy) is 2. The number of rotatable bonds is 10. The number of aromatic hydroxyl groups is 1. The topological polar surface area (TPSA) is 105 Å². The molecule has 0 aliphatic carbocycles. The molecular formula is C40H43FN6O5. The normalized spacial score (nSPS) is 16.2. The van der Waals surface area contributed by atoms with Crippen molar-refractivity contribution >= 4 is 23.2 Å². The van der Waals surface area contributed by atoms with Gasteiger partial charge in [-0.2, -0.15) is 5.10 Å². The maximum Gasteiger partial charge on any atom is 0.264 e. The standard InChI is InChI=1S/C40H43FN6O5/c1-27-36(40(50)47(31-9-11-34(48)12-10-31)33-23-42-45(26-33)16-17-51-3)22-38(43(27)2)37-21-30(41)8-13-35(37)39(49)46-24-29-7-5-4-6-28(29)20-32(46)25-44-14-18-52-19-15-44/h4-13,21-23,26,32,48H,14-20,24-25H2,1-3H3/t32-/m0/s1. The van der Waals surface area contributed by atoms with Crippen molar-refractivity contribution in [3.63, 3.8) is 0 Å². The van der Waals surface area contributed by atoms with Crippen LogP contribution in [0.15, 0.2) is 85.2 Å². The molecule has 7 rings (SSSR count). The molecule has 2 aromatic heterocycles. The van der Waals surface area contributed by atoms with E-state index in [0.29, 0.717) is 85.3 Å². The molecule has 0 unspecified atom stereocenters. The van der Waals surface area contributed by atoms with Gasteiger partial charge in [0.1, 0.15) is 11.6 Å². The number of hydrogen-bond donors (Lipinski definition) is 1. The third-order valence-corrected chi connectivity index (χ3v) is 10.2. The number of benzene rings is 3. The Hall–Kier alpha value is -5.30. The quantitative estimate of drug-likeness (QED) is 0.203. The molecule has 2 amide bonds. The minimum Gasteiger partial charge on any atom is -0.508 e. The molecule has 52 heavy (non-hydrogen) atoms. The Morgan fingerprint density at radius 2 is 1.75 bits per heavy atom. The van der Waals surface area contributed by atoms with Crippen LogP contribution in [0.5, 0.6) is 5.75 Å². The third-order valence-electron chi connectivity index (χ3n) is 10.2. The van der Waals surface area contributed by atoms with Gasteiger partial charge in [-0.25, -0.2) is 4.39 Å². The summed E-state index contributed by atoms with van der Waals surface area (Å²) in [7, 11) is 3.42. The minimum atomic E-state index is -0.485. The van der Waals surface area contributed by atoms with E-state index in [1.165, 1.54) is 34.7 Å². The Kier molecular flexibility index (Phi) is 10.2. The number of methoxy groups -OCH3 is 1. The van der Waals surface area contributed by atoms with Gasteiger partial charge in [-0.05, 0) is 73.0 Å². The maximum atomic E-state index is 15.1. The molecule has 0 bridgehead atoms. The van der Waals surface area contributed by atoms with Crippen molar-refractivity contribution in [1.82, 2.24) is 24.1 Å². The van der Waals surface area contributed by atoms with Crippen LogP contribution < -0.4 is 4.90 Å². The number of hydrogen-bond acceptors (Lipinski definition) is 7. The number of nitrogens with zero attached hydrogens (tertiary/aromatic N) is 6. The molecule has 12 heteroatoms. The zero-order valence-corrected chi connectivity index (χ0v) is 29.7.